The first-order valence-corrected chi connectivity index (χ1v) is 7.38. The Balaban J connectivity index is 2.27. The summed E-state index contributed by atoms with van der Waals surface area (Å²) in [5.74, 6) is -1.05. The number of hydrogen-bond acceptors (Lipinski definition) is 5. The van der Waals surface area contributed by atoms with E-state index in [2.05, 4.69) is 5.10 Å². The topological polar surface area (TPSA) is 127 Å². The number of carbonyl (C=O) groups excluding carboxylic acids is 1. The van der Waals surface area contributed by atoms with Crippen LogP contribution in [0, 0.1) is 0 Å². The number of rotatable bonds is 5. The molecule has 1 aromatic carbocycles. The minimum atomic E-state index is -1.05. The number of halogens is 1. The van der Waals surface area contributed by atoms with Crippen LogP contribution in [0.2, 0.25) is 5.15 Å². The molecule has 23 heavy (non-hydrogen) atoms. The van der Waals surface area contributed by atoms with Crippen molar-refractivity contribution in [1.29, 1.82) is 0 Å². The lowest BCUT2D eigenvalue weighted by atomic mass is 10.1. The molecular formula is C13H11ClN4O4S. The number of carboxylic acid groups (broad SMARTS) is 1. The van der Waals surface area contributed by atoms with Crippen molar-refractivity contribution in [2.45, 2.75) is 6.54 Å². The molecule has 0 fully saturated rings. The molecule has 0 spiro atoms. The number of hydrogen-bond donors (Lipinski definition) is 3. The number of amides is 2. The summed E-state index contributed by atoms with van der Waals surface area (Å²) in [5.41, 5.74) is 7.60. The quantitative estimate of drug-likeness (QED) is 0.552. The third-order valence-electron chi connectivity index (χ3n) is 2.73. The second-order valence-electron chi connectivity index (χ2n) is 4.35. The lowest BCUT2D eigenvalue weighted by Gasteiger charge is -2.05. The molecule has 1 aromatic heterocycles. The summed E-state index contributed by atoms with van der Waals surface area (Å²) in [7, 11) is 0. The van der Waals surface area contributed by atoms with E-state index in [1.807, 2.05) is 5.43 Å². The number of aromatic carboxylic acids is 1. The Labute approximate surface area is 138 Å². The number of nitrogens with one attached hydrogen (secondary N) is 1. The van der Waals surface area contributed by atoms with Gasteiger partial charge < -0.3 is 10.8 Å². The molecule has 4 N–H and O–H groups in total. The number of aromatic nitrogens is 1. The second-order valence-corrected chi connectivity index (χ2v) is 5.70. The lowest BCUT2D eigenvalue weighted by Crippen LogP contribution is -2.24. The van der Waals surface area contributed by atoms with Gasteiger partial charge in [0.05, 0.1) is 23.2 Å². The van der Waals surface area contributed by atoms with E-state index in [-0.39, 0.29) is 22.1 Å². The van der Waals surface area contributed by atoms with E-state index in [0.717, 1.165) is 11.3 Å². The largest absolute Gasteiger partial charge is 0.478 e. The van der Waals surface area contributed by atoms with Crippen LogP contribution in [0.15, 0.2) is 34.2 Å². The number of benzene rings is 1. The van der Waals surface area contributed by atoms with Gasteiger partial charge in [0, 0.05) is 0 Å². The third kappa shape index (κ3) is 4.18. The van der Waals surface area contributed by atoms with Crippen LogP contribution in [-0.4, -0.2) is 27.9 Å². The van der Waals surface area contributed by atoms with Crippen molar-refractivity contribution < 1.29 is 14.7 Å². The van der Waals surface area contributed by atoms with Crippen LogP contribution in [0.25, 0.3) is 0 Å². The van der Waals surface area contributed by atoms with E-state index in [1.165, 1.54) is 22.9 Å². The molecule has 0 aliphatic heterocycles. The second kappa shape index (κ2) is 7.07. The summed E-state index contributed by atoms with van der Waals surface area (Å²) in [6.45, 7) is 0.117. The molecule has 0 unspecified atom stereocenters. The highest BCUT2D eigenvalue weighted by atomic mass is 35.5. The van der Waals surface area contributed by atoms with Crippen LogP contribution in [0.5, 0.6) is 0 Å². The Hall–Kier alpha value is -2.65. The van der Waals surface area contributed by atoms with Gasteiger partial charge >= 0.3 is 16.9 Å². The van der Waals surface area contributed by atoms with E-state index in [0.29, 0.717) is 10.4 Å². The fraction of sp³-hybridized carbons (Fsp3) is 0.0769. The highest BCUT2D eigenvalue weighted by Crippen LogP contribution is 2.18. The number of nitrogens with two attached hydrogens (primary N) is 1. The number of carboxylic acids is 1. The lowest BCUT2D eigenvalue weighted by molar-refractivity contribution is 0.0696. The number of nitrogens with zero attached hydrogens (tertiary/aromatic N) is 2. The number of carbonyl (C=O) groups is 2. The maximum Gasteiger partial charge on any atom is 0.335 e. The van der Waals surface area contributed by atoms with Crippen molar-refractivity contribution in [2.24, 2.45) is 10.8 Å². The van der Waals surface area contributed by atoms with Gasteiger partial charge in [0.15, 0.2) is 0 Å². The molecule has 0 saturated carbocycles. The predicted octanol–water partition coefficient (Wildman–Crippen LogP) is 1.31. The zero-order valence-electron chi connectivity index (χ0n) is 11.5. The van der Waals surface area contributed by atoms with Crippen molar-refractivity contribution in [3.05, 3.63) is 55.1 Å². The molecule has 0 atom stereocenters. The van der Waals surface area contributed by atoms with Crippen molar-refractivity contribution in [3.8, 4) is 0 Å². The monoisotopic (exact) mass is 354 g/mol. The van der Waals surface area contributed by atoms with Crippen LogP contribution in [0.3, 0.4) is 0 Å². The van der Waals surface area contributed by atoms with E-state index in [1.54, 1.807) is 12.1 Å². The minimum absolute atomic E-state index is 0.117. The molecule has 8 nitrogen and oxygen atoms in total. The van der Waals surface area contributed by atoms with Gasteiger partial charge in [-0.05, 0) is 17.7 Å². The normalized spacial score (nSPS) is 10.8. The maximum atomic E-state index is 12.0. The first-order chi connectivity index (χ1) is 10.9. The average Bonchev–Trinajstić information content (AvgIpc) is 2.75. The van der Waals surface area contributed by atoms with Crippen LogP contribution >= 0.6 is 22.9 Å². The first-order valence-electron chi connectivity index (χ1n) is 6.18. The average molecular weight is 355 g/mol. The number of primary amides is 1. The van der Waals surface area contributed by atoms with Crippen molar-refractivity contribution >= 4 is 41.2 Å². The summed E-state index contributed by atoms with van der Waals surface area (Å²) >= 11 is 6.96. The standard InChI is InChI=1S/C13H11ClN4O4S/c14-10-9(5-16-17-12(15)21)23-13(22)18(10)6-7-2-1-3-8(4-7)11(19)20/h1-5H,6H2,(H,19,20)(H3,15,17,21)/b16-5-. The summed E-state index contributed by atoms with van der Waals surface area (Å²) in [6.07, 6.45) is 1.21. The van der Waals surface area contributed by atoms with Crippen molar-refractivity contribution in [2.75, 3.05) is 0 Å². The molecule has 0 aliphatic carbocycles. The van der Waals surface area contributed by atoms with E-state index in [9.17, 15) is 14.4 Å². The molecule has 0 bridgehead atoms. The number of urea groups is 1. The molecule has 120 valence electrons. The van der Waals surface area contributed by atoms with Gasteiger partial charge in [-0.25, -0.2) is 15.0 Å². The molecular weight excluding hydrogens is 344 g/mol. The highest BCUT2D eigenvalue weighted by molar-refractivity contribution is 7.11. The van der Waals surface area contributed by atoms with Gasteiger partial charge in [-0.15, -0.1) is 0 Å². The van der Waals surface area contributed by atoms with Gasteiger partial charge in [-0.3, -0.25) is 9.36 Å². The molecule has 10 heteroatoms. The summed E-state index contributed by atoms with van der Waals surface area (Å²) < 4.78 is 1.28. The molecule has 2 amide bonds. The zero-order valence-corrected chi connectivity index (χ0v) is 13.1. The van der Waals surface area contributed by atoms with Crippen LogP contribution in [-0.2, 0) is 6.54 Å². The highest BCUT2D eigenvalue weighted by Gasteiger charge is 2.13. The van der Waals surface area contributed by atoms with E-state index < -0.39 is 12.0 Å². The van der Waals surface area contributed by atoms with Crippen molar-refractivity contribution in [1.82, 2.24) is 9.99 Å². The Bertz CT molecular complexity index is 843. The van der Waals surface area contributed by atoms with Gasteiger partial charge in [-0.1, -0.05) is 35.1 Å². The maximum absolute atomic E-state index is 12.0. The SMILES string of the molecule is NC(=O)N/N=C\c1sc(=O)n(Cc2cccc(C(=O)O)c2)c1Cl. The molecule has 1 heterocycles. The van der Waals surface area contributed by atoms with Gasteiger partial charge in [0.25, 0.3) is 0 Å². The molecule has 0 saturated heterocycles. The third-order valence-corrected chi connectivity index (χ3v) is 4.16. The van der Waals surface area contributed by atoms with E-state index >= 15 is 0 Å². The molecule has 2 rings (SSSR count). The smallest absolute Gasteiger partial charge is 0.335 e. The Morgan fingerprint density at radius 1 is 1.48 bits per heavy atom. The summed E-state index contributed by atoms with van der Waals surface area (Å²) in [6, 6.07) is 5.36. The minimum Gasteiger partial charge on any atom is -0.478 e. The predicted molar refractivity (Wildman–Crippen MR) is 86.4 cm³/mol. The fourth-order valence-electron chi connectivity index (χ4n) is 1.76. The fourth-order valence-corrected chi connectivity index (χ4v) is 2.86. The van der Waals surface area contributed by atoms with E-state index in [4.69, 9.17) is 22.4 Å². The van der Waals surface area contributed by atoms with Gasteiger partial charge in [0.2, 0.25) is 0 Å². The summed E-state index contributed by atoms with van der Waals surface area (Å²) in [4.78, 5) is 33.5. The molecule has 2 aromatic rings. The molecule has 0 aliphatic rings. The number of hydrazone groups is 1. The van der Waals surface area contributed by atoms with Gasteiger partial charge in [0.1, 0.15) is 5.15 Å². The Morgan fingerprint density at radius 3 is 2.87 bits per heavy atom. The Kier molecular flexibility index (Phi) is 5.14. The van der Waals surface area contributed by atoms with Crippen molar-refractivity contribution in [3.63, 3.8) is 0 Å². The molecule has 0 radical (unpaired) electrons. The summed E-state index contributed by atoms with van der Waals surface area (Å²) in [5, 5.41) is 12.7. The first kappa shape index (κ1) is 16.7. The zero-order chi connectivity index (χ0) is 17.0. The van der Waals surface area contributed by atoms with Gasteiger partial charge in [-0.2, -0.15) is 5.10 Å². The number of thiazole rings is 1. The van der Waals surface area contributed by atoms with Crippen LogP contribution < -0.4 is 16.0 Å². The van der Waals surface area contributed by atoms with Crippen LogP contribution in [0.1, 0.15) is 20.8 Å². The van der Waals surface area contributed by atoms with Crippen LogP contribution in [0.4, 0.5) is 4.79 Å². The Morgan fingerprint density at radius 2 is 2.22 bits per heavy atom.